The number of H-pyrrole nitrogens is 1. The third kappa shape index (κ3) is 2.47. The zero-order valence-corrected chi connectivity index (χ0v) is 12.6. The molecule has 1 aliphatic carbocycles. The average Bonchev–Trinajstić information content (AvgIpc) is 3.09. The molecule has 21 heavy (non-hydrogen) atoms. The second kappa shape index (κ2) is 4.73. The topological polar surface area (TPSA) is 70.9 Å². The van der Waals surface area contributed by atoms with E-state index in [2.05, 4.69) is 31.2 Å². The molecule has 1 saturated carbocycles. The number of amides is 1. The number of nitrogens with zero attached hydrogens (tertiary/aromatic N) is 1. The highest BCUT2D eigenvalue weighted by Gasteiger charge is 2.26. The van der Waals surface area contributed by atoms with Gasteiger partial charge in [0.2, 0.25) is 0 Å². The van der Waals surface area contributed by atoms with E-state index in [1.807, 2.05) is 18.2 Å². The van der Waals surface area contributed by atoms with Crippen molar-refractivity contribution in [2.45, 2.75) is 18.8 Å². The average molecular weight is 346 g/mol. The number of anilines is 1. The Morgan fingerprint density at radius 1 is 1.33 bits per heavy atom. The number of carbonyl (C=O) groups is 1. The van der Waals surface area contributed by atoms with Crippen LogP contribution >= 0.6 is 15.9 Å². The normalized spacial score (nSPS) is 14.5. The molecule has 0 aliphatic heterocycles. The Labute approximate surface area is 128 Å². The molecule has 1 amide bonds. The lowest BCUT2D eigenvalue weighted by atomic mass is 10.2. The number of aromatic nitrogens is 2. The predicted octanol–water partition coefficient (Wildman–Crippen LogP) is 4.05. The lowest BCUT2D eigenvalue weighted by Crippen LogP contribution is -2.10. The van der Waals surface area contributed by atoms with Gasteiger partial charge in [0.05, 0.1) is 11.0 Å². The van der Waals surface area contributed by atoms with E-state index in [-0.39, 0.29) is 11.7 Å². The van der Waals surface area contributed by atoms with E-state index >= 15 is 0 Å². The number of carbonyl (C=O) groups excluding carboxylic acids is 1. The van der Waals surface area contributed by atoms with Crippen LogP contribution in [0.4, 0.5) is 5.69 Å². The van der Waals surface area contributed by atoms with Gasteiger partial charge in [-0.2, -0.15) is 0 Å². The number of furan rings is 1. The molecule has 0 spiro atoms. The van der Waals surface area contributed by atoms with Crippen molar-refractivity contribution in [1.82, 2.24) is 9.97 Å². The van der Waals surface area contributed by atoms with Crippen molar-refractivity contribution >= 4 is 38.6 Å². The Bertz CT molecular complexity index is 832. The summed E-state index contributed by atoms with van der Waals surface area (Å²) in [5.74, 6) is 1.62. The molecule has 2 N–H and O–H groups in total. The molecule has 106 valence electrons. The molecule has 0 radical (unpaired) electrons. The molecule has 0 unspecified atom stereocenters. The summed E-state index contributed by atoms with van der Waals surface area (Å²) in [7, 11) is 0. The number of benzene rings is 1. The zero-order chi connectivity index (χ0) is 14.4. The zero-order valence-electron chi connectivity index (χ0n) is 11.0. The number of halogens is 1. The lowest BCUT2D eigenvalue weighted by molar-refractivity contribution is 0.0995. The van der Waals surface area contributed by atoms with Crippen LogP contribution in [0, 0.1) is 0 Å². The number of rotatable bonds is 3. The molecule has 0 saturated heterocycles. The maximum absolute atomic E-state index is 12.0. The molecule has 6 heteroatoms. The van der Waals surface area contributed by atoms with Crippen molar-refractivity contribution in [1.29, 1.82) is 0 Å². The maximum Gasteiger partial charge on any atom is 0.291 e. The summed E-state index contributed by atoms with van der Waals surface area (Å²) < 4.78 is 5.77. The van der Waals surface area contributed by atoms with Crippen LogP contribution in [0.25, 0.3) is 11.0 Å². The van der Waals surface area contributed by atoms with Crippen LogP contribution in [0.15, 0.2) is 39.4 Å². The van der Waals surface area contributed by atoms with Crippen LogP contribution in [0.2, 0.25) is 0 Å². The minimum Gasteiger partial charge on any atom is -0.444 e. The van der Waals surface area contributed by atoms with Gasteiger partial charge in [0.1, 0.15) is 5.82 Å². The van der Waals surface area contributed by atoms with Crippen LogP contribution in [-0.2, 0) is 0 Å². The molecule has 3 aromatic rings. The summed E-state index contributed by atoms with van der Waals surface area (Å²) in [6, 6.07) is 8.96. The number of nitrogens with one attached hydrogen (secondary N) is 2. The molecule has 2 aromatic heterocycles. The molecule has 1 aromatic carbocycles. The van der Waals surface area contributed by atoms with Gasteiger partial charge < -0.3 is 14.7 Å². The Morgan fingerprint density at radius 3 is 2.90 bits per heavy atom. The Balaban J connectivity index is 1.59. The fraction of sp³-hybridized carbons (Fsp3) is 0.200. The van der Waals surface area contributed by atoms with Crippen LogP contribution in [0.3, 0.4) is 0 Å². The molecule has 1 aliphatic rings. The van der Waals surface area contributed by atoms with Crippen LogP contribution in [-0.4, -0.2) is 15.9 Å². The van der Waals surface area contributed by atoms with Crippen molar-refractivity contribution in [3.8, 4) is 0 Å². The van der Waals surface area contributed by atoms with Crippen LogP contribution in [0.1, 0.15) is 35.1 Å². The highest BCUT2D eigenvalue weighted by atomic mass is 79.9. The number of hydrogen-bond acceptors (Lipinski definition) is 3. The fourth-order valence-corrected chi connectivity index (χ4v) is 2.59. The molecule has 2 heterocycles. The second-order valence-corrected chi connectivity index (χ2v) is 5.97. The smallest absolute Gasteiger partial charge is 0.291 e. The van der Waals surface area contributed by atoms with Gasteiger partial charge in [-0.15, -0.1) is 0 Å². The largest absolute Gasteiger partial charge is 0.444 e. The Hall–Kier alpha value is -2.08. The Morgan fingerprint density at radius 2 is 2.19 bits per heavy atom. The maximum atomic E-state index is 12.0. The summed E-state index contributed by atoms with van der Waals surface area (Å²) in [4.78, 5) is 19.9. The highest BCUT2D eigenvalue weighted by molar-refractivity contribution is 9.10. The number of imidazole rings is 1. The highest BCUT2D eigenvalue weighted by Crippen LogP contribution is 2.39. The molecule has 1 fully saturated rings. The van der Waals surface area contributed by atoms with Gasteiger partial charge in [0.15, 0.2) is 10.4 Å². The third-order valence-corrected chi connectivity index (χ3v) is 3.95. The first-order valence-electron chi connectivity index (χ1n) is 6.75. The van der Waals surface area contributed by atoms with Crippen molar-refractivity contribution in [2.75, 3.05) is 5.32 Å². The number of aromatic amines is 1. The summed E-state index contributed by atoms with van der Waals surface area (Å²) in [5.41, 5.74) is 2.58. The summed E-state index contributed by atoms with van der Waals surface area (Å²) in [6.45, 7) is 0. The van der Waals surface area contributed by atoms with E-state index in [1.54, 1.807) is 12.1 Å². The van der Waals surface area contributed by atoms with Crippen molar-refractivity contribution < 1.29 is 9.21 Å². The van der Waals surface area contributed by atoms with Gasteiger partial charge in [-0.1, -0.05) is 0 Å². The first kappa shape index (κ1) is 12.6. The van der Waals surface area contributed by atoms with Gasteiger partial charge in [0.25, 0.3) is 5.91 Å². The van der Waals surface area contributed by atoms with Gasteiger partial charge >= 0.3 is 0 Å². The van der Waals surface area contributed by atoms with Crippen molar-refractivity contribution in [2.24, 2.45) is 0 Å². The minimum absolute atomic E-state index is 0.269. The lowest BCUT2D eigenvalue weighted by Gasteiger charge is -2.02. The second-order valence-electron chi connectivity index (χ2n) is 5.19. The predicted molar refractivity (Wildman–Crippen MR) is 82.4 cm³/mol. The van der Waals surface area contributed by atoms with Crippen LogP contribution < -0.4 is 5.32 Å². The first-order valence-corrected chi connectivity index (χ1v) is 7.55. The van der Waals surface area contributed by atoms with Gasteiger partial charge in [-0.05, 0) is 59.1 Å². The monoisotopic (exact) mass is 345 g/mol. The van der Waals surface area contributed by atoms with Crippen molar-refractivity contribution in [3.63, 3.8) is 0 Å². The van der Waals surface area contributed by atoms with E-state index in [0.29, 0.717) is 16.3 Å². The van der Waals surface area contributed by atoms with E-state index in [4.69, 9.17) is 4.42 Å². The van der Waals surface area contributed by atoms with Crippen LogP contribution in [0.5, 0.6) is 0 Å². The fourth-order valence-electron chi connectivity index (χ4n) is 2.29. The van der Waals surface area contributed by atoms with Crippen molar-refractivity contribution in [3.05, 3.63) is 46.6 Å². The summed E-state index contributed by atoms with van der Waals surface area (Å²) >= 11 is 3.18. The summed E-state index contributed by atoms with van der Waals surface area (Å²) in [6.07, 6.45) is 2.41. The van der Waals surface area contributed by atoms with E-state index in [9.17, 15) is 4.79 Å². The minimum atomic E-state index is -0.276. The first-order chi connectivity index (χ1) is 10.2. The molecule has 0 atom stereocenters. The Kier molecular flexibility index (Phi) is 2.85. The van der Waals surface area contributed by atoms with Gasteiger partial charge in [0, 0.05) is 11.6 Å². The summed E-state index contributed by atoms with van der Waals surface area (Å²) in [5, 5.41) is 2.82. The molecular formula is C15H12BrN3O2. The number of hydrogen-bond donors (Lipinski definition) is 2. The molecular weight excluding hydrogens is 334 g/mol. The number of fused-ring (bicyclic) bond motifs is 1. The SMILES string of the molecule is O=C(Nc1ccc2nc(C3CC3)[nH]c2c1)c1ccc(Br)o1. The molecule has 5 nitrogen and oxygen atoms in total. The van der Waals surface area contributed by atoms with Gasteiger partial charge in [-0.3, -0.25) is 4.79 Å². The van der Waals surface area contributed by atoms with E-state index in [0.717, 1.165) is 16.9 Å². The quantitative estimate of drug-likeness (QED) is 0.752. The molecule has 0 bridgehead atoms. The van der Waals surface area contributed by atoms with E-state index < -0.39 is 0 Å². The third-order valence-electron chi connectivity index (χ3n) is 3.52. The van der Waals surface area contributed by atoms with E-state index in [1.165, 1.54) is 12.8 Å². The van der Waals surface area contributed by atoms with Gasteiger partial charge in [-0.25, -0.2) is 4.98 Å². The standard InChI is InChI=1S/C15H12BrN3O2/c16-13-6-5-12(21-13)15(20)17-9-3-4-10-11(7-9)19-14(18-10)8-1-2-8/h3-8H,1-2H2,(H,17,20)(H,18,19). The molecule has 4 rings (SSSR count).